The number of hydrogen-bond donors (Lipinski definition) is 0. The molecule has 32 valence electrons. The summed E-state index contributed by atoms with van der Waals surface area (Å²) in [6.45, 7) is 0. The van der Waals surface area contributed by atoms with Gasteiger partial charge in [0.25, 0.3) is 0 Å². The van der Waals surface area contributed by atoms with Crippen molar-refractivity contribution in [3.63, 3.8) is 0 Å². The van der Waals surface area contributed by atoms with Gasteiger partial charge in [0.2, 0.25) is 0 Å². The van der Waals surface area contributed by atoms with Crippen LogP contribution in [0.15, 0.2) is 0 Å². The molecule has 0 spiro atoms. The van der Waals surface area contributed by atoms with E-state index in [-0.39, 0.29) is 63.6 Å². The molecule has 0 heterocycles. The molecule has 0 radical (unpaired) electrons. The molecule has 0 aliphatic heterocycles. The maximum absolute atomic E-state index is 8.58. The van der Waals surface area contributed by atoms with E-state index in [1.807, 2.05) is 0 Å². The van der Waals surface area contributed by atoms with Crippen molar-refractivity contribution < 1.29 is 45.0 Å². The van der Waals surface area contributed by atoms with Crippen LogP contribution in [0.2, 0.25) is 0 Å². The summed E-state index contributed by atoms with van der Waals surface area (Å²) in [4.78, 5) is 34.3. The predicted molar refractivity (Wildman–Crippen MR) is 11.5 cm³/mol. The average molecular weight is 177 g/mol. The molecule has 0 rings (SSSR count). The van der Waals surface area contributed by atoms with Gasteiger partial charge in [0.15, 0.2) is 0 Å². The van der Waals surface area contributed by atoms with Crippen molar-refractivity contribution in [2.24, 2.45) is 0 Å². The summed E-state index contributed by atoms with van der Waals surface area (Å²) in [6, 6.07) is 0. The summed E-state index contributed by atoms with van der Waals surface area (Å²) in [7, 11) is -5.61. The van der Waals surface area contributed by atoms with Crippen molar-refractivity contribution in [2.75, 3.05) is 0 Å². The Morgan fingerprint density at radius 1 is 0.857 bits per heavy atom. The largest absolute Gasteiger partial charge is 3.00 e. The van der Waals surface area contributed by atoms with Crippen LogP contribution in [0.25, 0.3) is 0 Å². The summed E-state index contributed by atoms with van der Waals surface area (Å²) in [5, 5.41) is 0. The van der Waals surface area contributed by atoms with Crippen LogP contribution >= 0.6 is 0 Å². The quantitative estimate of drug-likeness (QED) is 0.345. The normalized spacial score (nSPS) is 8.57. The molecule has 0 unspecified atom stereocenters. The smallest absolute Gasteiger partial charge is 0.894 e. The zero-order chi connectivity index (χ0) is 4.50. The fourth-order valence-corrected chi connectivity index (χ4v) is 0. The van der Waals surface area contributed by atoms with Crippen molar-refractivity contribution in [1.29, 1.82) is 0 Å². The van der Waals surface area contributed by atoms with E-state index in [1.165, 1.54) is 0 Å². The van der Waals surface area contributed by atoms with Gasteiger partial charge in [0, 0.05) is 0 Å². The van der Waals surface area contributed by atoms with Crippen LogP contribution in [-0.4, -0.2) is 46.8 Å². The maximum atomic E-state index is 8.58. The molecule has 0 aliphatic carbocycles. The molecule has 0 aliphatic rings. The standard InChI is InChI=1S/Ca.O4Si.Sc/c;1-5(2,3)4;/q+2;-4;+3. The van der Waals surface area contributed by atoms with Crippen LogP contribution in [0.3, 0.4) is 0 Å². The number of rotatable bonds is 0. The minimum Gasteiger partial charge on any atom is -0.894 e. The molecule has 0 aromatic heterocycles. The minimum atomic E-state index is -5.61. The fourth-order valence-electron chi connectivity index (χ4n) is 0. The van der Waals surface area contributed by atoms with Gasteiger partial charge >= 0.3 is 63.6 Å². The van der Waals surface area contributed by atoms with E-state index in [2.05, 4.69) is 0 Å². The van der Waals surface area contributed by atoms with Gasteiger partial charge in [-0.05, 0) is 0 Å². The van der Waals surface area contributed by atoms with Gasteiger partial charge in [0.05, 0.1) is 0 Å². The molecule has 0 amide bonds. The Bertz CT molecular complexity index is 27.2. The zero-order valence-corrected chi connectivity index (χ0v) is 8.43. The molecule has 0 aromatic rings. The van der Waals surface area contributed by atoms with Crippen LogP contribution < -0.4 is 19.2 Å². The molecule has 0 saturated heterocycles. The average Bonchev–Trinajstić information content (AvgIpc) is 0.722. The first kappa shape index (κ1) is 16.1. The van der Waals surface area contributed by atoms with Crippen LogP contribution in [0, 0.1) is 0 Å². The van der Waals surface area contributed by atoms with Gasteiger partial charge < -0.3 is 28.2 Å². The van der Waals surface area contributed by atoms with Crippen LogP contribution in [0.4, 0.5) is 0 Å². The Morgan fingerprint density at radius 2 is 0.857 bits per heavy atom. The Labute approximate surface area is 90.4 Å². The van der Waals surface area contributed by atoms with E-state index in [0.717, 1.165) is 0 Å². The number of hydrogen-bond acceptors (Lipinski definition) is 4. The second kappa shape index (κ2) is 6.31. The first-order valence-corrected chi connectivity index (χ1v) is 2.45. The fraction of sp³-hybridized carbons (Fsp3) is 0. The van der Waals surface area contributed by atoms with E-state index < -0.39 is 9.05 Å². The molecule has 0 N–H and O–H groups in total. The third kappa shape index (κ3) is 65.5. The Balaban J connectivity index is -0.0000000800. The molecule has 7 heteroatoms. The first-order valence-electron chi connectivity index (χ1n) is 0.816. The Hall–Kier alpha value is 2.19. The van der Waals surface area contributed by atoms with Crippen molar-refractivity contribution >= 4 is 46.8 Å². The minimum absolute atomic E-state index is 0. The van der Waals surface area contributed by atoms with Gasteiger partial charge in [-0.2, -0.15) is 0 Å². The van der Waals surface area contributed by atoms with Gasteiger partial charge in [0.1, 0.15) is 0 Å². The molecule has 0 saturated carbocycles. The summed E-state index contributed by atoms with van der Waals surface area (Å²) in [5.74, 6) is 0. The van der Waals surface area contributed by atoms with E-state index in [4.69, 9.17) is 19.2 Å². The molecular formula is CaO4ScSi+. The van der Waals surface area contributed by atoms with E-state index in [1.54, 1.807) is 0 Å². The summed E-state index contributed by atoms with van der Waals surface area (Å²) < 4.78 is 0. The molecule has 0 aromatic carbocycles. The molecule has 0 bridgehead atoms. The maximum Gasteiger partial charge on any atom is 3.00 e. The Morgan fingerprint density at radius 3 is 0.857 bits per heavy atom. The molecule has 0 fully saturated rings. The summed E-state index contributed by atoms with van der Waals surface area (Å²) >= 11 is 0. The van der Waals surface area contributed by atoms with E-state index in [0.29, 0.717) is 0 Å². The summed E-state index contributed by atoms with van der Waals surface area (Å²) in [6.07, 6.45) is 0. The van der Waals surface area contributed by atoms with Gasteiger partial charge in [-0.15, -0.1) is 0 Å². The van der Waals surface area contributed by atoms with Crippen LogP contribution in [0.1, 0.15) is 0 Å². The third-order valence-corrected chi connectivity index (χ3v) is 0. The van der Waals surface area contributed by atoms with E-state index >= 15 is 0 Å². The topological polar surface area (TPSA) is 92.2 Å². The van der Waals surface area contributed by atoms with Gasteiger partial charge in [-0.1, -0.05) is 0 Å². The zero-order valence-electron chi connectivity index (χ0n) is 3.42. The second-order valence-corrected chi connectivity index (χ2v) is 1.50. The van der Waals surface area contributed by atoms with Crippen molar-refractivity contribution in [3.8, 4) is 0 Å². The first-order chi connectivity index (χ1) is 2.00. The van der Waals surface area contributed by atoms with Crippen molar-refractivity contribution in [3.05, 3.63) is 0 Å². The van der Waals surface area contributed by atoms with Crippen molar-refractivity contribution in [1.82, 2.24) is 0 Å². The van der Waals surface area contributed by atoms with Gasteiger partial charge in [-0.25, -0.2) is 0 Å². The Kier molecular flexibility index (Phi) is 14.5. The monoisotopic (exact) mass is 177 g/mol. The van der Waals surface area contributed by atoms with Crippen LogP contribution in [0.5, 0.6) is 0 Å². The molecule has 7 heavy (non-hydrogen) atoms. The second-order valence-electron chi connectivity index (χ2n) is 0.500. The van der Waals surface area contributed by atoms with Gasteiger partial charge in [-0.3, -0.25) is 0 Å². The molecular weight excluding hydrogens is 177 g/mol. The summed E-state index contributed by atoms with van der Waals surface area (Å²) in [5.41, 5.74) is 0. The third-order valence-electron chi connectivity index (χ3n) is 0. The van der Waals surface area contributed by atoms with Crippen LogP contribution in [-0.2, 0) is 25.8 Å². The van der Waals surface area contributed by atoms with E-state index in [9.17, 15) is 0 Å². The predicted octanol–water partition coefficient (Wildman–Crippen LogP) is -5.52. The molecule has 4 nitrogen and oxygen atoms in total. The molecule has 0 atom stereocenters. The van der Waals surface area contributed by atoms with Crippen molar-refractivity contribution in [2.45, 2.75) is 0 Å². The SMILES string of the molecule is [Ca+2].[O-][Si]([O-])([O-])[O-].[Sc+3].